The van der Waals surface area contributed by atoms with E-state index in [4.69, 9.17) is 0 Å². The van der Waals surface area contributed by atoms with Gasteiger partial charge in [-0.15, -0.1) is 0 Å². The highest BCUT2D eigenvalue weighted by atomic mass is 127. The monoisotopic (exact) mass is 527 g/mol. The number of alkyl halides is 1. The van der Waals surface area contributed by atoms with E-state index in [1.807, 2.05) is 45.0 Å². The lowest BCUT2D eigenvalue weighted by Crippen LogP contribution is -2.55. The number of nitrogens with zero attached hydrogens (tertiary/aromatic N) is 1. The molecule has 1 heterocycles. The summed E-state index contributed by atoms with van der Waals surface area (Å²) in [6, 6.07) is 12.0. The minimum absolute atomic E-state index is 0.103. The van der Waals surface area contributed by atoms with Gasteiger partial charge in [0.2, 0.25) is 10.0 Å². The van der Waals surface area contributed by atoms with Crippen molar-refractivity contribution < 1.29 is 8.42 Å². The van der Waals surface area contributed by atoms with Crippen LogP contribution in [-0.4, -0.2) is 31.6 Å². The van der Waals surface area contributed by atoms with Crippen LogP contribution in [0.15, 0.2) is 41.3 Å². The molecule has 0 saturated carbocycles. The molecule has 158 valence electrons. The second-order valence-electron chi connectivity index (χ2n) is 8.22. The van der Waals surface area contributed by atoms with Crippen LogP contribution >= 0.6 is 22.6 Å². The molecular weight excluding hydrogens is 497 g/mol. The average Bonchev–Trinajstić information content (AvgIpc) is 2.60. The maximum absolute atomic E-state index is 13.4. The first-order valence-corrected chi connectivity index (χ1v) is 12.5. The van der Waals surface area contributed by atoms with Gasteiger partial charge in [0.25, 0.3) is 0 Å². The van der Waals surface area contributed by atoms with Gasteiger partial charge in [0.05, 0.1) is 16.3 Å². The van der Waals surface area contributed by atoms with Crippen LogP contribution in [-0.2, 0) is 10.0 Å². The molecule has 0 spiro atoms. The van der Waals surface area contributed by atoms with Crippen molar-refractivity contribution in [1.82, 2.24) is 4.72 Å². The van der Waals surface area contributed by atoms with E-state index in [1.165, 1.54) is 0 Å². The Morgan fingerprint density at radius 1 is 1.17 bits per heavy atom. The Balaban J connectivity index is 1.94. The number of rotatable bonds is 6. The SMILES string of the molecule is Cc1cc(C)c(S(=O)(=O)NC(I)(CN2CCNc3ccccc32)C(C)C)c(C)c1. The summed E-state index contributed by atoms with van der Waals surface area (Å²) in [4.78, 5) is 2.67. The summed E-state index contributed by atoms with van der Waals surface area (Å²) in [5.74, 6) is 0.103. The maximum atomic E-state index is 13.4. The molecule has 2 aromatic rings. The van der Waals surface area contributed by atoms with Crippen LogP contribution in [0.1, 0.15) is 30.5 Å². The predicted octanol–water partition coefficient (Wildman–Crippen LogP) is 4.61. The number of hydrogen-bond acceptors (Lipinski definition) is 4. The second-order valence-corrected chi connectivity index (χ2v) is 11.8. The molecule has 29 heavy (non-hydrogen) atoms. The molecular formula is C22H30IN3O2S. The summed E-state index contributed by atoms with van der Waals surface area (Å²) in [5, 5.41) is 3.42. The molecule has 0 radical (unpaired) electrons. The van der Waals surface area contributed by atoms with Gasteiger partial charge in [-0.25, -0.2) is 8.42 Å². The summed E-state index contributed by atoms with van der Waals surface area (Å²) < 4.78 is 29.3. The van der Waals surface area contributed by atoms with E-state index in [-0.39, 0.29) is 5.92 Å². The molecule has 2 N–H and O–H groups in total. The van der Waals surface area contributed by atoms with Crippen molar-refractivity contribution in [3.63, 3.8) is 0 Å². The Morgan fingerprint density at radius 3 is 2.41 bits per heavy atom. The molecule has 0 fully saturated rings. The number of sulfonamides is 1. The molecule has 1 atom stereocenters. The maximum Gasteiger partial charge on any atom is 0.242 e. The van der Waals surface area contributed by atoms with Crippen LogP contribution in [0.4, 0.5) is 11.4 Å². The highest BCUT2D eigenvalue weighted by molar-refractivity contribution is 14.1. The van der Waals surface area contributed by atoms with Crippen molar-refractivity contribution in [2.45, 2.75) is 43.1 Å². The molecule has 0 aliphatic carbocycles. The van der Waals surface area contributed by atoms with Gasteiger partial charge in [0, 0.05) is 19.6 Å². The van der Waals surface area contributed by atoms with Crippen molar-refractivity contribution >= 4 is 44.0 Å². The molecule has 0 saturated heterocycles. The third kappa shape index (κ3) is 4.72. The largest absolute Gasteiger partial charge is 0.382 e. The zero-order valence-electron chi connectivity index (χ0n) is 17.7. The molecule has 3 rings (SSSR count). The molecule has 1 aliphatic heterocycles. The Kier molecular flexibility index (Phi) is 6.50. The zero-order chi connectivity index (χ0) is 21.4. The van der Waals surface area contributed by atoms with Crippen molar-refractivity contribution in [3.8, 4) is 0 Å². The highest BCUT2D eigenvalue weighted by Gasteiger charge is 2.39. The molecule has 2 aromatic carbocycles. The van der Waals surface area contributed by atoms with Crippen molar-refractivity contribution in [2.24, 2.45) is 5.92 Å². The number of aryl methyl sites for hydroxylation is 3. The molecule has 1 unspecified atom stereocenters. The average molecular weight is 527 g/mol. The Labute approximate surface area is 188 Å². The summed E-state index contributed by atoms with van der Waals surface area (Å²) >= 11 is 2.30. The number of nitrogens with one attached hydrogen (secondary N) is 2. The summed E-state index contributed by atoms with van der Waals surface area (Å²) in [7, 11) is -3.67. The van der Waals surface area contributed by atoms with Gasteiger partial charge in [-0.1, -0.05) is 66.3 Å². The molecule has 5 nitrogen and oxygen atoms in total. The third-order valence-electron chi connectivity index (χ3n) is 5.46. The number of anilines is 2. The number of fused-ring (bicyclic) bond motifs is 1. The van der Waals surface area contributed by atoms with Crippen molar-refractivity contribution in [1.29, 1.82) is 0 Å². The van der Waals surface area contributed by atoms with Crippen LogP contribution < -0.4 is 14.9 Å². The molecule has 0 amide bonds. The van der Waals surface area contributed by atoms with Gasteiger partial charge in [-0.3, -0.25) is 0 Å². The van der Waals surface area contributed by atoms with Crippen LogP contribution in [0.3, 0.4) is 0 Å². The van der Waals surface area contributed by atoms with E-state index in [9.17, 15) is 8.42 Å². The first kappa shape index (κ1) is 22.4. The van der Waals surface area contributed by atoms with Gasteiger partial charge < -0.3 is 10.2 Å². The van der Waals surface area contributed by atoms with E-state index in [2.05, 4.69) is 63.5 Å². The summed E-state index contributed by atoms with van der Waals surface area (Å²) in [6.07, 6.45) is 0. The Bertz CT molecular complexity index is 984. The van der Waals surface area contributed by atoms with Gasteiger partial charge >= 0.3 is 0 Å². The van der Waals surface area contributed by atoms with Crippen LogP contribution in [0.25, 0.3) is 0 Å². The first-order chi connectivity index (χ1) is 13.5. The smallest absolute Gasteiger partial charge is 0.242 e. The fraction of sp³-hybridized carbons (Fsp3) is 0.455. The second kappa shape index (κ2) is 8.43. The molecule has 7 heteroatoms. The Morgan fingerprint density at radius 2 is 1.79 bits per heavy atom. The van der Waals surface area contributed by atoms with Crippen LogP contribution in [0, 0.1) is 26.7 Å². The zero-order valence-corrected chi connectivity index (χ0v) is 20.7. The number of benzene rings is 2. The summed E-state index contributed by atoms with van der Waals surface area (Å²) in [5.41, 5.74) is 4.84. The van der Waals surface area contributed by atoms with E-state index in [0.29, 0.717) is 11.4 Å². The van der Waals surface area contributed by atoms with Crippen LogP contribution in [0.5, 0.6) is 0 Å². The normalized spacial score (nSPS) is 16.3. The summed E-state index contributed by atoms with van der Waals surface area (Å²) in [6.45, 7) is 12.1. The van der Waals surface area contributed by atoms with Gasteiger partial charge in [0.1, 0.15) is 3.55 Å². The lowest BCUT2D eigenvalue weighted by Gasteiger charge is -2.41. The lowest BCUT2D eigenvalue weighted by atomic mass is 10.0. The highest BCUT2D eigenvalue weighted by Crippen LogP contribution is 2.35. The van der Waals surface area contributed by atoms with Crippen molar-refractivity contribution in [2.75, 3.05) is 29.9 Å². The number of halogens is 1. The molecule has 0 bridgehead atoms. The van der Waals surface area contributed by atoms with E-state index in [1.54, 1.807) is 0 Å². The van der Waals surface area contributed by atoms with Gasteiger partial charge in [-0.2, -0.15) is 4.72 Å². The van der Waals surface area contributed by atoms with Crippen molar-refractivity contribution in [3.05, 3.63) is 53.1 Å². The standard InChI is InChI=1S/C22H30IN3O2S/c1-15(2)22(23,14-26-11-10-24-19-8-6-7-9-20(19)26)25-29(27,28)21-17(4)12-16(3)13-18(21)5/h6-9,12-13,15,24-25H,10-11,14H2,1-5H3. The lowest BCUT2D eigenvalue weighted by molar-refractivity contribution is 0.424. The predicted molar refractivity (Wildman–Crippen MR) is 130 cm³/mol. The fourth-order valence-electron chi connectivity index (χ4n) is 3.98. The minimum Gasteiger partial charge on any atom is -0.382 e. The molecule has 1 aliphatic rings. The molecule has 0 aromatic heterocycles. The number of para-hydroxylation sites is 2. The topological polar surface area (TPSA) is 61.4 Å². The third-order valence-corrected chi connectivity index (χ3v) is 9.49. The van der Waals surface area contributed by atoms with Gasteiger partial charge in [-0.05, 0) is 49.9 Å². The quantitative estimate of drug-likeness (QED) is 0.327. The first-order valence-electron chi connectivity index (χ1n) is 9.92. The van der Waals surface area contributed by atoms with Gasteiger partial charge in [0.15, 0.2) is 0 Å². The van der Waals surface area contributed by atoms with E-state index < -0.39 is 13.6 Å². The van der Waals surface area contributed by atoms with E-state index in [0.717, 1.165) is 41.2 Å². The minimum atomic E-state index is -3.67. The van der Waals surface area contributed by atoms with E-state index >= 15 is 0 Å². The fourth-order valence-corrected chi connectivity index (χ4v) is 7.08. The van der Waals surface area contributed by atoms with Crippen LogP contribution in [0.2, 0.25) is 0 Å². The Hall–Kier alpha value is -1.32. The number of hydrogen-bond donors (Lipinski definition) is 2.